The highest BCUT2D eigenvalue weighted by Crippen LogP contribution is 2.26. The molecule has 1 atom stereocenters. The number of quaternary nitrogens is 1. The fraction of sp³-hybridized carbons (Fsp3) is 0.207. The Balaban J connectivity index is 1.40. The first-order chi connectivity index (χ1) is 18.5. The Hall–Kier alpha value is -4.63. The molecule has 1 unspecified atom stereocenters. The van der Waals surface area contributed by atoms with E-state index in [9.17, 15) is 4.79 Å². The number of amides is 2. The van der Waals surface area contributed by atoms with Gasteiger partial charge in [0.15, 0.2) is 17.3 Å². The summed E-state index contributed by atoms with van der Waals surface area (Å²) in [7, 11) is 1.80. The minimum Gasteiger partial charge on any atom is -0.367 e. The second-order valence-corrected chi connectivity index (χ2v) is 9.53. The second kappa shape index (κ2) is 11.2. The Kier molecular flexibility index (Phi) is 7.37. The first-order valence-corrected chi connectivity index (χ1v) is 12.6. The molecular formula is C29H31N8O+. The Labute approximate surface area is 221 Å². The Bertz CT molecular complexity index is 1450. The molecule has 0 aliphatic rings. The van der Waals surface area contributed by atoms with E-state index in [1.807, 2.05) is 30.3 Å². The number of pyridine rings is 1. The first-order valence-electron chi connectivity index (χ1n) is 12.6. The minimum atomic E-state index is -0.450. The summed E-state index contributed by atoms with van der Waals surface area (Å²) in [6, 6.07) is 26.1. The summed E-state index contributed by atoms with van der Waals surface area (Å²) in [5, 5.41) is 3.53. The highest BCUT2D eigenvalue weighted by molar-refractivity contribution is 5.82. The maximum absolute atomic E-state index is 12.6. The van der Waals surface area contributed by atoms with Crippen LogP contribution < -0.4 is 11.1 Å². The van der Waals surface area contributed by atoms with Crippen molar-refractivity contribution in [3.05, 3.63) is 114 Å². The number of H-pyrrole nitrogens is 1. The van der Waals surface area contributed by atoms with E-state index in [-0.39, 0.29) is 16.9 Å². The monoisotopic (exact) mass is 507 g/mol. The van der Waals surface area contributed by atoms with Crippen LogP contribution in [0.5, 0.6) is 0 Å². The summed E-state index contributed by atoms with van der Waals surface area (Å²) in [5.41, 5.74) is 10.4. The summed E-state index contributed by atoms with van der Waals surface area (Å²) in [6.45, 7) is 1.32. The number of fused-ring (bicyclic) bond motifs is 1. The normalized spacial score (nSPS) is 12.9. The highest BCUT2D eigenvalue weighted by Gasteiger charge is 2.31. The highest BCUT2D eigenvalue weighted by atomic mass is 16.2. The van der Waals surface area contributed by atoms with Crippen molar-refractivity contribution in [3.8, 4) is 0 Å². The molecule has 9 nitrogen and oxygen atoms in total. The molecule has 5 rings (SSSR count). The van der Waals surface area contributed by atoms with Gasteiger partial charge >= 0.3 is 6.03 Å². The number of aromatic amines is 1. The first kappa shape index (κ1) is 25.0. The fourth-order valence-electron chi connectivity index (χ4n) is 4.56. The van der Waals surface area contributed by atoms with Gasteiger partial charge < -0.3 is 16.0 Å². The van der Waals surface area contributed by atoms with Crippen LogP contribution in [0.25, 0.3) is 11.2 Å². The molecule has 38 heavy (non-hydrogen) atoms. The van der Waals surface area contributed by atoms with Gasteiger partial charge in [0.1, 0.15) is 12.1 Å². The molecule has 2 aromatic carbocycles. The zero-order valence-corrected chi connectivity index (χ0v) is 21.3. The predicted octanol–water partition coefficient (Wildman–Crippen LogP) is 4.26. The van der Waals surface area contributed by atoms with E-state index in [0.717, 1.165) is 11.2 Å². The van der Waals surface area contributed by atoms with Gasteiger partial charge in [-0.05, 0) is 23.3 Å². The largest absolute Gasteiger partial charge is 0.414 e. The number of hydrogen-bond donors (Lipinski definition) is 3. The van der Waals surface area contributed by atoms with E-state index >= 15 is 0 Å². The average Bonchev–Trinajstić information content (AvgIpc) is 3.43. The molecule has 0 saturated heterocycles. The third-order valence-electron chi connectivity index (χ3n) is 6.82. The number of hydrogen-bond acceptors (Lipinski definition) is 6. The van der Waals surface area contributed by atoms with Gasteiger partial charge in [-0.15, -0.1) is 0 Å². The van der Waals surface area contributed by atoms with Gasteiger partial charge in [0.2, 0.25) is 0 Å². The quantitative estimate of drug-likeness (QED) is 0.243. The lowest BCUT2D eigenvalue weighted by Crippen LogP contribution is -2.53. The van der Waals surface area contributed by atoms with Crippen molar-refractivity contribution < 1.29 is 9.28 Å². The van der Waals surface area contributed by atoms with Crippen LogP contribution in [-0.4, -0.2) is 55.6 Å². The Morgan fingerprint density at radius 2 is 1.63 bits per heavy atom. The van der Waals surface area contributed by atoms with Gasteiger partial charge in [-0.3, -0.25) is 4.98 Å². The van der Waals surface area contributed by atoms with Crippen LogP contribution in [0.4, 0.5) is 10.6 Å². The van der Waals surface area contributed by atoms with Crippen molar-refractivity contribution >= 4 is 23.0 Å². The Morgan fingerprint density at radius 1 is 0.947 bits per heavy atom. The Morgan fingerprint density at radius 3 is 2.26 bits per heavy atom. The molecule has 3 aromatic heterocycles. The number of imidazole rings is 1. The number of urea groups is 1. The predicted molar refractivity (Wildman–Crippen MR) is 147 cm³/mol. The van der Waals surface area contributed by atoms with Gasteiger partial charge in [-0.2, -0.15) is 0 Å². The average molecular weight is 508 g/mol. The SMILES string of the molecule is C[N+](CCc1ccccn1)(Cc1nc(NCC(c2ccccc2)c2ccccc2)c2[nH]cnc2n1)C(N)=O. The number of likely N-dealkylation sites (N-methyl/N-ethyl adjacent to an activating group) is 1. The number of primary amides is 1. The molecular weight excluding hydrogens is 476 g/mol. The number of carbonyl (C=O) groups is 1. The molecule has 0 saturated carbocycles. The number of nitrogens with one attached hydrogen (secondary N) is 2. The number of aromatic nitrogens is 5. The van der Waals surface area contributed by atoms with Gasteiger partial charge in [-0.25, -0.2) is 24.2 Å². The maximum Gasteiger partial charge on any atom is 0.414 e. The molecule has 0 spiro atoms. The van der Waals surface area contributed by atoms with Crippen LogP contribution >= 0.6 is 0 Å². The lowest BCUT2D eigenvalue weighted by Gasteiger charge is -2.28. The van der Waals surface area contributed by atoms with E-state index in [1.54, 1.807) is 19.6 Å². The number of rotatable bonds is 10. The summed E-state index contributed by atoms with van der Waals surface area (Å²) in [5.74, 6) is 1.24. The molecule has 0 bridgehead atoms. The van der Waals surface area contributed by atoms with E-state index in [1.165, 1.54) is 11.1 Å². The zero-order chi connectivity index (χ0) is 26.4. The number of anilines is 1. The van der Waals surface area contributed by atoms with Crippen molar-refractivity contribution in [2.45, 2.75) is 18.9 Å². The molecule has 192 valence electrons. The lowest BCUT2D eigenvalue weighted by atomic mass is 9.91. The summed E-state index contributed by atoms with van der Waals surface area (Å²) in [4.78, 5) is 33.9. The fourth-order valence-corrected chi connectivity index (χ4v) is 4.56. The summed E-state index contributed by atoms with van der Waals surface area (Å²) >= 11 is 0. The third kappa shape index (κ3) is 5.68. The van der Waals surface area contributed by atoms with Crippen LogP contribution in [0.2, 0.25) is 0 Å². The van der Waals surface area contributed by atoms with Crippen molar-refractivity contribution in [1.29, 1.82) is 0 Å². The summed E-state index contributed by atoms with van der Waals surface area (Å²) < 4.78 is -0.0530. The van der Waals surface area contributed by atoms with Crippen molar-refractivity contribution in [3.63, 3.8) is 0 Å². The van der Waals surface area contributed by atoms with Gasteiger partial charge in [0, 0.05) is 30.8 Å². The molecule has 0 aliphatic heterocycles. The molecule has 0 radical (unpaired) electrons. The van der Waals surface area contributed by atoms with E-state index < -0.39 is 6.03 Å². The minimum absolute atomic E-state index is 0.0530. The molecule has 2 amide bonds. The molecule has 5 aromatic rings. The zero-order valence-electron chi connectivity index (χ0n) is 21.3. The van der Waals surface area contributed by atoms with Crippen molar-refractivity contribution in [2.75, 3.05) is 25.5 Å². The van der Waals surface area contributed by atoms with Gasteiger partial charge in [0.05, 0.1) is 19.9 Å². The van der Waals surface area contributed by atoms with Crippen LogP contribution in [0.3, 0.4) is 0 Å². The third-order valence-corrected chi connectivity index (χ3v) is 6.82. The lowest BCUT2D eigenvalue weighted by molar-refractivity contribution is -0.843. The van der Waals surface area contributed by atoms with Crippen LogP contribution in [-0.2, 0) is 13.0 Å². The van der Waals surface area contributed by atoms with Crippen LogP contribution in [0.1, 0.15) is 28.6 Å². The topological polar surface area (TPSA) is 122 Å². The van der Waals surface area contributed by atoms with Gasteiger partial charge in [0.25, 0.3) is 0 Å². The molecule has 9 heteroatoms. The second-order valence-electron chi connectivity index (χ2n) is 9.53. The molecule has 0 aliphatic carbocycles. The number of nitrogens with two attached hydrogens (primary N) is 1. The van der Waals surface area contributed by atoms with Crippen molar-refractivity contribution in [2.24, 2.45) is 5.73 Å². The van der Waals surface area contributed by atoms with Crippen LogP contribution in [0.15, 0.2) is 91.4 Å². The van der Waals surface area contributed by atoms with E-state index in [2.05, 4.69) is 73.8 Å². The summed E-state index contributed by atoms with van der Waals surface area (Å²) in [6.07, 6.45) is 3.95. The smallest absolute Gasteiger partial charge is 0.367 e. The van der Waals surface area contributed by atoms with Gasteiger partial charge in [-0.1, -0.05) is 66.7 Å². The maximum atomic E-state index is 12.6. The van der Waals surface area contributed by atoms with Crippen LogP contribution in [0, 0.1) is 0 Å². The molecule has 3 heterocycles. The standard InChI is InChI=1S/C29H30N8O/c1-37(29(30)38,17-15-23-14-8-9-16-31-23)19-25-35-27(26-28(36-25)34-20-33-26)32-18-24(21-10-4-2-5-11-21)22-12-6-3-7-13-22/h2-14,16,20,24H,15,17-19H2,1H3,(H3-,30,32,33,34,35,36,38)/p+1. The van der Waals surface area contributed by atoms with E-state index in [4.69, 9.17) is 10.7 Å². The number of carbonyl (C=O) groups excluding carboxylic acids is 1. The number of nitrogens with zero attached hydrogens (tertiary/aromatic N) is 5. The van der Waals surface area contributed by atoms with E-state index in [0.29, 0.717) is 36.8 Å². The van der Waals surface area contributed by atoms with Crippen molar-refractivity contribution in [1.82, 2.24) is 24.9 Å². The molecule has 0 fully saturated rings. The number of benzene rings is 2. The molecule has 4 N–H and O–H groups in total.